The second-order valence-corrected chi connectivity index (χ2v) is 3.62. The molecule has 1 heterocycles. The van der Waals surface area contributed by atoms with E-state index in [9.17, 15) is 9.59 Å². The number of carbonyl (C=O) groups is 2. The van der Waals surface area contributed by atoms with Crippen molar-refractivity contribution in [3.8, 4) is 0 Å². The summed E-state index contributed by atoms with van der Waals surface area (Å²) in [6.07, 6.45) is 1.36. The Bertz CT molecular complexity index is 413. The van der Waals surface area contributed by atoms with Gasteiger partial charge in [-0.05, 0) is 26.0 Å². The Labute approximate surface area is 106 Å². The quantitative estimate of drug-likeness (QED) is 0.778. The molecule has 0 unspecified atom stereocenters. The monoisotopic (exact) mass is 251 g/mol. The molecule has 1 aromatic heterocycles. The van der Waals surface area contributed by atoms with Crippen LogP contribution in [-0.2, 0) is 9.53 Å². The number of hydrogen-bond donors (Lipinski definition) is 1. The Morgan fingerprint density at radius 3 is 2.50 bits per heavy atom. The van der Waals surface area contributed by atoms with Crippen LogP contribution in [0.25, 0.3) is 0 Å². The summed E-state index contributed by atoms with van der Waals surface area (Å²) in [4.78, 5) is 28.6. The van der Waals surface area contributed by atoms with Gasteiger partial charge >= 0.3 is 5.97 Å². The van der Waals surface area contributed by atoms with E-state index in [0.717, 1.165) is 0 Å². The number of hydrogen-bond acceptors (Lipinski definition) is 5. The lowest BCUT2D eigenvalue weighted by Gasteiger charge is -2.18. The predicted octanol–water partition coefficient (Wildman–Crippen LogP) is 0.689. The highest BCUT2D eigenvalue weighted by Gasteiger charge is 2.14. The lowest BCUT2D eigenvalue weighted by Crippen LogP contribution is -2.34. The lowest BCUT2D eigenvalue weighted by molar-refractivity contribution is -0.134. The van der Waals surface area contributed by atoms with Crippen LogP contribution in [0.15, 0.2) is 18.3 Å². The first-order chi connectivity index (χ1) is 8.58. The lowest BCUT2D eigenvalue weighted by atomic mass is 10.3. The Morgan fingerprint density at radius 1 is 1.33 bits per heavy atom. The Morgan fingerprint density at radius 2 is 2.00 bits per heavy atom. The van der Waals surface area contributed by atoms with Crippen LogP contribution < -0.4 is 5.73 Å². The van der Waals surface area contributed by atoms with E-state index in [1.807, 2.05) is 13.8 Å². The highest BCUT2D eigenvalue weighted by Crippen LogP contribution is 2.03. The van der Waals surface area contributed by atoms with Crippen molar-refractivity contribution in [3.63, 3.8) is 0 Å². The van der Waals surface area contributed by atoms with Crippen molar-refractivity contribution in [1.82, 2.24) is 9.88 Å². The molecule has 0 spiro atoms. The number of ether oxygens (including phenoxy) is 1. The summed E-state index contributed by atoms with van der Waals surface area (Å²) in [7, 11) is 0. The van der Waals surface area contributed by atoms with E-state index in [0.29, 0.717) is 18.8 Å². The minimum absolute atomic E-state index is 0.136. The van der Waals surface area contributed by atoms with E-state index >= 15 is 0 Å². The number of rotatable bonds is 5. The van der Waals surface area contributed by atoms with Gasteiger partial charge in [0, 0.05) is 13.1 Å². The van der Waals surface area contributed by atoms with Crippen LogP contribution in [0.4, 0.5) is 5.69 Å². The summed E-state index contributed by atoms with van der Waals surface area (Å²) in [5.41, 5.74) is 6.05. The summed E-state index contributed by atoms with van der Waals surface area (Å²) < 4.78 is 4.88. The first-order valence-corrected chi connectivity index (χ1v) is 5.74. The molecule has 0 saturated heterocycles. The molecule has 98 valence electrons. The van der Waals surface area contributed by atoms with Gasteiger partial charge < -0.3 is 15.4 Å². The zero-order chi connectivity index (χ0) is 13.5. The molecule has 0 aliphatic heterocycles. The Balaban J connectivity index is 2.51. The van der Waals surface area contributed by atoms with Gasteiger partial charge in [0.1, 0.15) is 5.69 Å². The van der Waals surface area contributed by atoms with Gasteiger partial charge in [-0.15, -0.1) is 0 Å². The molecule has 0 saturated carbocycles. The van der Waals surface area contributed by atoms with Gasteiger partial charge in [0.2, 0.25) is 0 Å². The SMILES string of the molecule is CCN(CC)C(=O)COC(=O)c1ccc(N)cn1. The number of nitrogen functional groups attached to an aromatic ring is 1. The van der Waals surface area contributed by atoms with E-state index < -0.39 is 5.97 Å². The van der Waals surface area contributed by atoms with Crippen molar-refractivity contribution in [1.29, 1.82) is 0 Å². The standard InChI is InChI=1S/C12H17N3O3/c1-3-15(4-2)11(16)8-18-12(17)10-6-5-9(13)7-14-10/h5-7H,3-4,8,13H2,1-2H3. The topological polar surface area (TPSA) is 85.5 Å². The molecule has 1 amide bonds. The summed E-state index contributed by atoms with van der Waals surface area (Å²) in [5.74, 6) is -0.848. The number of carbonyl (C=O) groups excluding carboxylic acids is 2. The second-order valence-electron chi connectivity index (χ2n) is 3.62. The van der Waals surface area contributed by atoms with Crippen LogP contribution in [0.2, 0.25) is 0 Å². The highest BCUT2D eigenvalue weighted by molar-refractivity contribution is 5.89. The summed E-state index contributed by atoms with van der Waals surface area (Å²) in [6, 6.07) is 3.01. The molecular weight excluding hydrogens is 234 g/mol. The minimum Gasteiger partial charge on any atom is -0.451 e. The molecule has 0 radical (unpaired) electrons. The minimum atomic E-state index is -0.629. The molecule has 6 heteroatoms. The van der Waals surface area contributed by atoms with Crippen molar-refractivity contribution in [2.24, 2.45) is 0 Å². The fraction of sp³-hybridized carbons (Fsp3) is 0.417. The largest absolute Gasteiger partial charge is 0.451 e. The number of pyridine rings is 1. The number of nitrogens with zero attached hydrogens (tertiary/aromatic N) is 2. The van der Waals surface area contributed by atoms with Crippen molar-refractivity contribution in [3.05, 3.63) is 24.0 Å². The number of aromatic nitrogens is 1. The summed E-state index contributed by atoms with van der Waals surface area (Å²) in [6.45, 7) is 4.64. The van der Waals surface area contributed by atoms with Gasteiger partial charge in [0.25, 0.3) is 5.91 Å². The second kappa shape index (κ2) is 6.58. The van der Waals surface area contributed by atoms with Crippen LogP contribution in [0.3, 0.4) is 0 Å². The zero-order valence-corrected chi connectivity index (χ0v) is 10.5. The van der Waals surface area contributed by atoms with E-state index in [-0.39, 0.29) is 18.2 Å². The highest BCUT2D eigenvalue weighted by atomic mass is 16.5. The molecule has 0 fully saturated rings. The fourth-order valence-corrected chi connectivity index (χ4v) is 1.39. The number of amides is 1. The number of nitrogens with two attached hydrogens (primary N) is 1. The summed E-state index contributed by atoms with van der Waals surface area (Å²) >= 11 is 0. The average Bonchev–Trinajstić information content (AvgIpc) is 2.38. The van der Waals surface area contributed by atoms with Crippen molar-refractivity contribution in [2.75, 3.05) is 25.4 Å². The van der Waals surface area contributed by atoms with E-state index in [2.05, 4.69) is 4.98 Å². The maximum atomic E-state index is 11.6. The predicted molar refractivity (Wildman–Crippen MR) is 66.9 cm³/mol. The van der Waals surface area contributed by atoms with Crippen LogP contribution in [0.1, 0.15) is 24.3 Å². The third kappa shape index (κ3) is 3.73. The maximum Gasteiger partial charge on any atom is 0.357 e. The smallest absolute Gasteiger partial charge is 0.357 e. The maximum absolute atomic E-state index is 11.6. The van der Waals surface area contributed by atoms with E-state index in [1.165, 1.54) is 12.3 Å². The van der Waals surface area contributed by atoms with Gasteiger partial charge in [-0.2, -0.15) is 0 Å². The average molecular weight is 251 g/mol. The van der Waals surface area contributed by atoms with Gasteiger partial charge in [0.15, 0.2) is 6.61 Å². The molecule has 6 nitrogen and oxygen atoms in total. The summed E-state index contributed by atoms with van der Waals surface area (Å²) in [5, 5.41) is 0. The molecular formula is C12H17N3O3. The molecule has 0 bridgehead atoms. The zero-order valence-electron chi connectivity index (χ0n) is 10.5. The Kier molecular flexibility index (Phi) is 5.10. The molecule has 0 aromatic carbocycles. The van der Waals surface area contributed by atoms with Gasteiger partial charge in [-0.1, -0.05) is 0 Å². The van der Waals surface area contributed by atoms with Crippen molar-refractivity contribution >= 4 is 17.6 Å². The van der Waals surface area contributed by atoms with Gasteiger partial charge in [-0.25, -0.2) is 9.78 Å². The molecule has 0 aliphatic rings. The van der Waals surface area contributed by atoms with Crippen LogP contribution in [0, 0.1) is 0 Å². The first kappa shape index (κ1) is 14.0. The molecule has 1 aromatic rings. The molecule has 0 aliphatic carbocycles. The number of anilines is 1. The molecule has 2 N–H and O–H groups in total. The third-order valence-corrected chi connectivity index (χ3v) is 2.44. The van der Waals surface area contributed by atoms with Crippen molar-refractivity contribution < 1.29 is 14.3 Å². The molecule has 0 atom stereocenters. The van der Waals surface area contributed by atoms with Crippen LogP contribution >= 0.6 is 0 Å². The van der Waals surface area contributed by atoms with E-state index in [4.69, 9.17) is 10.5 Å². The van der Waals surface area contributed by atoms with Crippen LogP contribution in [0.5, 0.6) is 0 Å². The number of esters is 1. The van der Waals surface area contributed by atoms with Gasteiger partial charge in [0.05, 0.1) is 11.9 Å². The Hall–Kier alpha value is -2.11. The first-order valence-electron chi connectivity index (χ1n) is 5.74. The molecule has 1 rings (SSSR count). The fourth-order valence-electron chi connectivity index (χ4n) is 1.39. The van der Waals surface area contributed by atoms with Gasteiger partial charge in [-0.3, -0.25) is 4.79 Å². The normalized spacial score (nSPS) is 9.89. The van der Waals surface area contributed by atoms with Crippen molar-refractivity contribution in [2.45, 2.75) is 13.8 Å². The van der Waals surface area contributed by atoms with Crippen LogP contribution in [-0.4, -0.2) is 41.5 Å². The van der Waals surface area contributed by atoms with E-state index in [1.54, 1.807) is 11.0 Å². The molecule has 18 heavy (non-hydrogen) atoms. The third-order valence-electron chi connectivity index (χ3n) is 2.44. The number of likely N-dealkylation sites (N-methyl/N-ethyl adjacent to an activating group) is 1.